The molecule has 0 radical (unpaired) electrons. The second kappa shape index (κ2) is 10.3. The summed E-state index contributed by atoms with van der Waals surface area (Å²) in [5.74, 6) is -3.41. The number of esters is 2. The maximum Gasteiger partial charge on any atom is 0.339 e. The van der Waals surface area contributed by atoms with E-state index < -0.39 is 29.7 Å². The number of carboxylic acids is 1. The Bertz CT molecular complexity index is 1240. The van der Waals surface area contributed by atoms with E-state index in [1.54, 1.807) is 18.2 Å². The molecule has 1 atom stereocenters. The van der Waals surface area contributed by atoms with Crippen molar-refractivity contribution in [3.8, 4) is 11.5 Å². The summed E-state index contributed by atoms with van der Waals surface area (Å²) in [6.07, 6.45) is 0. The molecule has 10 heteroatoms. The molecule has 1 unspecified atom stereocenters. The van der Waals surface area contributed by atoms with E-state index in [1.165, 1.54) is 50.6 Å². The van der Waals surface area contributed by atoms with E-state index in [0.717, 1.165) is 0 Å². The number of methoxy groups -OCH3 is 2. The summed E-state index contributed by atoms with van der Waals surface area (Å²) in [5.41, 5.74) is 0.409. The summed E-state index contributed by atoms with van der Waals surface area (Å²) in [6.45, 7) is 0. The summed E-state index contributed by atoms with van der Waals surface area (Å²) in [6, 6.07) is 12.2. The molecular weight excluding hydrogens is 510 g/mol. The predicted molar refractivity (Wildman–Crippen MR) is 125 cm³/mol. The zero-order chi connectivity index (χ0) is 25.0. The van der Waals surface area contributed by atoms with E-state index in [1.807, 2.05) is 0 Å². The molecule has 0 aliphatic carbocycles. The van der Waals surface area contributed by atoms with Crippen molar-refractivity contribution in [2.75, 3.05) is 19.5 Å². The van der Waals surface area contributed by atoms with Gasteiger partial charge in [0.25, 0.3) is 0 Å². The van der Waals surface area contributed by atoms with Crippen molar-refractivity contribution in [2.24, 2.45) is 0 Å². The lowest BCUT2D eigenvalue weighted by molar-refractivity contribution is 0.0597. The van der Waals surface area contributed by atoms with Crippen LogP contribution < -0.4 is 5.32 Å². The number of hydrogen-bond acceptors (Lipinski definition) is 8. The first-order valence-corrected chi connectivity index (χ1v) is 10.6. The van der Waals surface area contributed by atoms with Gasteiger partial charge in [-0.15, -0.1) is 0 Å². The maximum atomic E-state index is 12.2. The van der Waals surface area contributed by atoms with Gasteiger partial charge in [-0.25, -0.2) is 14.4 Å². The number of para-hydroxylation sites is 1. The summed E-state index contributed by atoms with van der Waals surface area (Å²) >= 11 is 3.25. The van der Waals surface area contributed by atoms with Gasteiger partial charge in [0.05, 0.1) is 31.4 Å². The zero-order valence-electron chi connectivity index (χ0n) is 18.0. The first-order chi connectivity index (χ1) is 16.2. The third-order valence-corrected chi connectivity index (χ3v) is 5.44. The molecule has 3 rings (SSSR count). The predicted octanol–water partition coefficient (Wildman–Crippen LogP) is 4.33. The fourth-order valence-corrected chi connectivity index (χ4v) is 3.88. The summed E-state index contributed by atoms with van der Waals surface area (Å²) in [4.78, 5) is 36.0. The van der Waals surface area contributed by atoms with Gasteiger partial charge in [0, 0.05) is 21.3 Å². The van der Waals surface area contributed by atoms with E-state index in [0.29, 0.717) is 10.0 Å². The van der Waals surface area contributed by atoms with Crippen molar-refractivity contribution in [3.63, 3.8) is 0 Å². The molecule has 34 heavy (non-hydrogen) atoms. The topological polar surface area (TPSA) is 142 Å². The van der Waals surface area contributed by atoms with Crippen LogP contribution in [0.15, 0.2) is 59.1 Å². The smallest absolute Gasteiger partial charge is 0.339 e. The SMILES string of the molecule is COC(=O)c1cc(NC(c2ccccc2O)c2cc(Br)cc(C(=O)O)c2O)cc(C(=O)OC)c1. The van der Waals surface area contributed by atoms with Crippen molar-refractivity contribution in [1.29, 1.82) is 0 Å². The van der Waals surface area contributed by atoms with Gasteiger partial charge in [0.15, 0.2) is 0 Å². The number of benzene rings is 3. The molecule has 176 valence electrons. The van der Waals surface area contributed by atoms with Crippen LogP contribution in [0.4, 0.5) is 5.69 Å². The molecule has 3 aromatic carbocycles. The molecule has 0 aromatic heterocycles. The van der Waals surface area contributed by atoms with E-state index in [4.69, 9.17) is 9.47 Å². The maximum absolute atomic E-state index is 12.2. The number of carbonyl (C=O) groups is 3. The highest BCUT2D eigenvalue weighted by molar-refractivity contribution is 9.10. The summed E-state index contributed by atoms with van der Waals surface area (Å²) < 4.78 is 9.89. The molecule has 4 N–H and O–H groups in total. The van der Waals surface area contributed by atoms with Crippen molar-refractivity contribution >= 4 is 39.5 Å². The Balaban J connectivity index is 2.23. The van der Waals surface area contributed by atoms with Crippen LogP contribution in [0.2, 0.25) is 0 Å². The highest BCUT2D eigenvalue weighted by Crippen LogP contribution is 2.40. The molecule has 0 spiro atoms. The Morgan fingerprint density at radius 1 is 0.882 bits per heavy atom. The number of nitrogens with one attached hydrogen (secondary N) is 1. The Hall–Kier alpha value is -4.05. The molecule has 0 fully saturated rings. The summed E-state index contributed by atoms with van der Waals surface area (Å²) in [5, 5.41) is 33.9. The van der Waals surface area contributed by atoms with Crippen molar-refractivity contribution in [2.45, 2.75) is 6.04 Å². The first-order valence-electron chi connectivity index (χ1n) is 9.78. The normalized spacial score (nSPS) is 11.4. The zero-order valence-corrected chi connectivity index (χ0v) is 19.6. The minimum Gasteiger partial charge on any atom is -0.508 e. The lowest BCUT2D eigenvalue weighted by Crippen LogP contribution is -2.16. The van der Waals surface area contributed by atoms with Crippen LogP contribution in [0.5, 0.6) is 11.5 Å². The monoisotopic (exact) mass is 529 g/mol. The quantitative estimate of drug-likeness (QED) is 0.328. The van der Waals surface area contributed by atoms with Crippen LogP contribution in [-0.4, -0.2) is 47.4 Å². The molecule has 0 saturated heterocycles. The van der Waals surface area contributed by atoms with Gasteiger partial charge in [0.2, 0.25) is 0 Å². The fourth-order valence-electron chi connectivity index (χ4n) is 3.41. The standard InChI is InChI=1S/C24H20BrNO8/c1-33-23(31)12-7-13(24(32)34-2)9-15(8-12)26-20(16-5-3-4-6-19(16)27)17-10-14(25)11-18(21(17)28)22(29)30/h3-11,20,26-28H,1-2H3,(H,29,30). The van der Waals surface area contributed by atoms with Gasteiger partial charge in [0.1, 0.15) is 17.1 Å². The van der Waals surface area contributed by atoms with E-state index in [9.17, 15) is 29.7 Å². The third kappa shape index (κ3) is 5.12. The van der Waals surface area contributed by atoms with Crippen LogP contribution >= 0.6 is 15.9 Å². The van der Waals surface area contributed by atoms with Crippen molar-refractivity contribution < 1.29 is 39.2 Å². The fraction of sp³-hybridized carbons (Fsp3) is 0.125. The van der Waals surface area contributed by atoms with Crippen molar-refractivity contribution in [3.05, 3.63) is 86.9 Å². The number of anilines is 1. The molecule has 0 aliphatic rings. The van der Waals surface area contributed by atoms with E-state index in [-0.39, 0.29) is 33.7 Å². The highest BCUT2D eigenvalue weighted by Gasteiger charge is 2.26. The lowest BCUT2D eigenvalue weighted by atomic mass is 9.94. The van der Waals surface area contributed by atoms with Crippen LogP contribution in [0.25, 0.3) is 0 Å². The van der Waals surface area contributed by atoms with Gasteiger partial charge < -0.3 is 30.1 Å². The van der Waals surface area contributed by atoms with E-state index in [2.05, 4.69) is 21.2 Å². The first kappa shape index (κ1) is 24.6. The summed E-state index contributed by atoms with van der Waals surface area (Å²) in [7, 11) is 2.38. The average Bonchev–Trinajstić information content (AvgIpc) is 2.83. The molecule has 0 amide bonds. The largest absolute Gasteiger partial charge is 0.508 e. The lowest BCUT2D eigenvalue weighted by Gasteiger charge is -2.24. The number of ether oxygens (including phenoxy) is 2. The van der Waals surface area contributed by atoms with Gasteiger partial charge in [-0.05, 0) is 36.4 Å². The van der Waals surface area contributed by atoms with Gasteiger partial charge in [-0.2, -0.15) is 0 Å². The molecular formula is C24H20BrNO8. The number of aromatic carboxylic acids is 1. The average molecular weight is 530 g/mol. The second-order valence-corrected chi connectivity index (χ2v) is 8.03. The molecule has 3 aromatic rings. The highest BCUT2D eigenvalue weighted by atomic mass is 79.9. The number of phenols is 2. The second-order valence-electron chi connectivity index (χ2n) is 7.11. The van der Waals surface area contributed by atoms with Gasteiger partial charge >= 0.3 is 17.9 Å². The molecule has 0 heterocycles. The molecule has 9 nitrogen and oxygen atoms in total. The number of rotatable bonds is 7. The Morgan fingerprint density at radius 2 is 1.47 bits per heavy atom. The third-order valence-electron chi connectivity index (χ3n) is 4.98. The molecule has 0 bridgehead atoms. The minimum absolute atomic E-state index is 0.0497. The number of hydrogen-bond donors (Lipinski definition) is 4. The Kier molecular flexibility index (Phi) is 7.42. The van der Waals surface area contributed by atoms with Crippen LogP contribution in [0.1, 0.15) is 48.2 Å². The van der Waals surface area contributed by atoms with Gasteiger partial charge in [-0.1, -0.05) is 34.1 Å². The molecule has 0 aliphatic heterocycles. The Morgan fingerprint density at radius 3 is 2.00 bits per heavy atom. The molecule has 0 saturated carbocycles. The minimum atomic E-state index is -1.35. The number of carbonyl (C=O) groups excluding carboxylic acids is 2. The van der Waals surface area contributed by atoms with Crippen LogP contribution in [0.3, 0.4) is 0 Å². The Labute approximate surface area is 202 Å². The number of aromatic hydroxyl groups is 2. The van der Waals surface area contributed by atoms with Gasteiger partial charge in [-0.3, -0.25) is 0 Å². The van der Waals surface area contributed by atoms with Crippen LogP contribution in [-0.2, 0) is 9.47 Å². The number of carboxylic acid groups (broad SMARTS) is 1. The number of halogens is 1. The van der Waals surface area contributed by atoms with E-state index >= 15 is 0 Å². The number of phenolic OH excluding ortho intramolecular Hbond substituents is 1. The van der Waals surface area contributed by atoms with Crippen molar-refractivity contribution in [1.82, 2.24) is 0 Å². The van der Waals surface area contributed by atoms with Crippen LogP contribution in [0, 0.1) is 0 Å².